The average molecular weight is 427 g/mol. The van der Waals surface area contributed by atoms with Gasteiger partial charge in [-0.25, -0.2) is 12.8 Å². The monoisotopic (exact) mass is 426 g/mol. The number of carbonyl (C=O) groups excluding carboxylic acids is 1. The number of rotatable bonds is 5. The fraction of sp³-hybridized carbons (Fsp3) is 0.316. The molecular formula is C19H20ClFN2O4S. The lowest BCUT2D eigenvalue weighted by Gasteiger charge is -2.31. The average Bonchev–Trinajstić information content (AvgIpc) is 2.68. The Kier molecular flexibility index (Phi) is 6.22. The summed E-state index contributed by atoms with van der Waals surface area (Å²) < 4.78 is 46.0. The summed E-state index contributed by atoms with van der Waals surface area (Å²) in [5.74, 6) is -1.42. The second-order valence-electron chi connectivity index (χ2n) is 6.50. The maximum Gasteiger partial charge on any atom is 0.246 e. The molecule has 1 atom stereocenters. The van der Waals surface area contributed by atoms with Gasteiger partial charge in [0, 0.05) is 23.8 Å². The minimum atomic E-state index is -4.01. The minimum Gasteiger partial charge on any atom is -0.495 e. The number of ether oxygens (including phenoxy) is 1. The van der Waals surface area contributed by atoms with E-state index in [1.807, 2.05) is 0 Å². The fourth-order valence-corrected chi connectivity index (χ4v) is 5.06. The molecule has 1 saturated heterocycles. The molecule has 1 unspecified atom stereocenters. The van der Waals surface area contributed by atoms with Crippen LogP contribution in [0, 0.1) is 11.7 Å². The van der Waals surface area contributed by atoms with Gasteiger partial charge in [0.2, 0.25) is 15.9 Å². The molecule has 3 rings (SSSR count). The van der Waals surface area contributed by atoms with Gasteiger partial charge in [0.05, 0.1) is 13.0 Å². The Morgan fingerprint density at radius 1 is 1.29 bits per heavy atom. The van der Waals surface area contributed by atoms with Gasteiger partial charge in [0.15, 0.2) is 0 Å². The molecule has 6 nitrogen and oxygen atoms in total. The molecule has 1 N–H and O–H groups in total. The predicted molar refractivity (Wildman–Crippen MR) is 105 cm³/mol. The molecule has 1 amide bonds. The van der Waals surface area contributed by atoms with Gasteiger partial charge in [-0.1, -0.05) is 17.7 Å². The first kappa shape index (κ1) is 20.6. The van der Waals surface area contributed by atoms with Gasteiger partial charge >= 0.3 is 0 Å². The number of hydrogen-bond donors (Lipinski definition) is 1. The van der Waals surface area contributed by atoms with E-state index in [1.165, 1.54) is 17.5 Å². The van der Waals surface area contributed by atoms with Gasteiger partial charge in [-0.05, 0) is 49.2 Å². The minimum absolute atomic E-state index is 0.00833. The first-order valence-corrected chi connectivity index (χ1v) is 10.5. The number of nitrogens with zero attached hydrogens (tertiary/aromatic N) is 1. The van der Waals surface area contributed by atoms with Crippen LogP contribution in [-0.4, -0.2) is 38.8 Å². The summed E-state index contributed by atoms with van der Waals surface area (Å²) in [6.07, 6.45) is 1.07. The highest BCUT2D eigenvalue weighted by Gasteiger charge is 2.35. The van der Waals surface area contributed by atoms with Crippen molar-refractivity contribution in [3.63, 3.8) is 0 Å². The molecule has 2 aromatic carbocycles. The lowest BCUT2D eigenvalue weighted by molar-refractivity contribution is -0.120. The molecule has 1 heterocycles. The summed E-state index contributed by atoms with van der Waals surface area (Å²) in [6, 6.07) is 10.1. The molecule has 1 aliphatic rings. The van der Waals surface area contributed by atoms with E-state index in [0.717, 1.165) is 12.1 Å². The number of sulfonamides is 1. The van der Waals surface area contributed by atoms with Gasteiger partial charge in [-0.15, -0.1) is 0 Å². The molecule has 0 saturated carbocycles. The molecule has 2 aromatic rings. The largest absolute Gasteiger partial charge is 0.495 e. The zero-order valence-corrected chi connectivity index (χ0v) is 16.8. The van der Waals surface area contributed by atoms with Crippen molar-refractivity contribution in [2.75, 3.05) is 25.5 Å². The maximum absolute atomic E-state index is 13.6. The van der Waals surface area contributed by atoms with E-state index >= 15 is 0 Å². The van der Waals surface area contributed by atoms with Gasteiger partial charge in [0.25, 0.3) is 0 Å². The van der Waals surface area contributed by atoms with Crippen molar-refractivity contribution in [3.05, 3.63) is 53.3 Å². The molecule has 0 bridgehead atoms. The third kappa shape index (κ3) is 4.45. The van der Waals surface area contributed by atoms with Crippen LogP contribution in [0.3, 0.4) is 0 Å². The van der Waals surface area contributed by atoms with Crippen molar-refractivity contribution in [1.29, 1.82) is 0 Å². The van der Waals surface area contributed by atoms with Crippen LogP contribution < -0.4 is 10.1 Å². The summed E-state index contributed by atoms with van der Waals surface area (Å²) in [5, 5.41) is 3.26. The number of piperidine rings is 1. The molecule has 1 aliphatic heterocycles. The maximum atomic E-state index is 13.6. The van der Waals surface area contributed by atoms with Gasteiger partial charge < -0.3 is 10.1 Å². The Morgan fingerprint density at radius 3 is 2.79 bits per heavy atom. The third-order valence-electron chi connectivity index (χ3n) is 4.59. The zero-order valence-electron chi connectivity index (χ0n) is 15.2. The Labute approximate surface area is 168 Å². The van der Waals surface area contributed by atoms with Crippen molar-refractivity contribution in [2.45, 2.75) is 17.7 Å². The first-order chi connectivity index (χ1) is 13.3. The zero-order chi connectivity index (χ0) is 20.3. The van der Waals surface area contributed by atoms with E-state index in [1.54, 1.807) is 24.3 Å². The summed E-state index contributed by atoms with van der Waals surface area (Å²) in [4.78, 5) is 12.4. The Hall–Kier alpha value is -2.16. The van der Waals surface area contributed by atoms with E-state index in [0.29, 0.717) is 23.6 Å². The van der Waals surface area contributed by atoms with Crippen LogP contribution >= 0.6 is 11.6 Å². The van der Waals surface area contributed by atoms with Crippen LogP contribution in [0.4, 0.5) is 10.1 Å². The number of methoxy groups -OCH3 is 1. The van der Waals surface area contributed by atoms with Crippen LogP contribution in [0.1, 0.15) is 12.8 Å². The van der Waals surface area contributed by atoms with Gasteiger partial charge in [-0.2, -0.15) is 4.31 Å². The van der Waals surface area contributed by atoms with E-state index in [9.17, 15) is 17.6 Å². The topological polar surface area (TPSA) is 75.7 Å². The highest BCUT2D eigenvalue weighted by atomic mass is 35.5. The van der Waals surface area contributed by atoms with Crippen molar-refractivity contribution < 1.29 is 22.3 Å². The van der Waals surface area contributed by atoms with Crippen molar-refractivity contribution in [1.82, 2.24) is 4.31 Å². The summed E-state index contributed by atoms with van der Waals surface area (Å²) >= 11 is 5.92. The number of anilines is 1. The highest BCUT2D eigenvalue weighted by Crippen LogP contribution is 2.30. The Bertz CT molecular complexity index is 984. The van der Waals surface area contributed by atoms with Crippen molar-refractivity contribution >= 4 is 33.2 Å². The smallest absolute Gasteiger partial charge is 0.246 e. The van der Waals surface area contributed by atoms with E-state index in [2.05, 4.69) is 5.32 Å². The molecule has 1 fully saturated rings. The van der Waals surface area contributed by atoms with Crippen LogP contribution in [0.2, 0.25) is 5.02 Å². The second kappa shape index (κ2) is 8.46. The number of carbonyl (C=O) groups is 1. The van der Waals surface area contributed by atoms with Gasteiger partial charge in [-0.3, -0.25) is 4.79 Å². The summed E-state index contributed by atoms with van der Waals surface area (Å²) in [6.45, 7) is 0.261. The molecule has 0 radical (unpaired) electrons. The SMILES string of the molecule is COc1ccc(F)cc1S(=O)(=O)N1CCCC(C(=O)Nc2cccc(Cl)c2)C1. The van der Waals surface area contributed by atoms with E-state index in [4.69, 9.17) is 16.3 Å². The molecule has 0 aromatic heterocycles. The standard InChI is InChI=1S/C19H20ClFN2O4S/c1-27-17-8-7-15(21)11-18(17)28(25,26)23-9-3-4-13(12-23)19(24)22-16-6-2-5-14(20)10-16/h2,5-8,10-11,13H,3-4,9,12H2,1H3,(H,22,24). The number of benzene rings is 2. The number of amides is 1. The summed E-state index contributed by atoms with van der Waals surface area (Å²) in [5.41, 5.74) is 0.546. The van der Waals surface area contributed by atoms with Gasteiger partial charge in [0.1, 0.15) is 16.5 Å². The van der Waals surface area contributed by atoms with Crippen LogP contribution in [0.25, 0.3) is 0 Å². The molecular weight excluding hydrogens is 407 g/mol. The quantitative estimate of drug-likeness (QED) is 0.793. The molecule has 150 valence electrons. The molecule has 0 spiro atoms. The summed E-state index contributed by atoms with van der Waals surface area (Å²) in [7, 11) is -2.68. The van der Waals surface area contributed by atoms with Crippen molar-refractivity contribution in [2.24, 2.45) is 5.92 Å². The number of hydrogen-bond acceptors (Lipinski definition) is 4. The fourth-order valence-electron chi connectivity index (χ4n) is 3.18. The van der Waals surface area contributed by atoms with Crippen LogP contribution in [0.5, 0.6) is 5.75 Å². The van der Waals surface area contributed by atoms with Crippen molar-refractivity contribution in [3.8, 4) is 5.75 Å². The number of halogens is 2. The Balaban J connectivity index is 1.79. The third-order valence-corrected chi connectivity index (χ3v) is 6.71. The molecule has 28 heavy (non-hydrogen) atoms. The number of nitrogens with one attached hydrogen (secondary N) is 1. The predicted octanol–water partition coefficient (Wildman–Crippen LogP) is 3.53. The van der Waals surface area contributed by atoms with E-state index in [-0.39, 0.29) is 29.6 Å². The first-order valence-electron chi connectivity index (χ1n) is 8.71. The molecule has 9 heteroatoms. The lowest BCUT2D eigenvalue weighted by atomic mass is 9.99. The van der Waals surface area contributed by atoms with Crippen LogP contribution in [-0.2, 0) is 14.8 Å². The Morgan fingerprint density at radius 2 is 2.07 bits per heavy atom. The second-order valence-corrected chi connectivity index (χ2v) is 8.84. The van der Waals surface area contributed by atoms with E-state index < -0.39 is 21.8 Å². The highest BCUT2D eigenvalue weighted by molar-refractivity contribution is 7.89. The lowest BCUT2D eigenvalue weighted by Crippen LogP contribution is -2.43. The van der Waals surface area contributed by atoms with Crippen LogP contribution in [0.15, 0.2) is 47.4 Å². The normalized spacial score (nSPS) is 17.9. The molecule has 0 aliphatic carbocycles.